The van der Waals surface area contributed by atoms with E-state index < -0.39 is 0 Å². The second-order valence-corrected chi connectivity index (χ2v) is 6.04. The molecule has 7 heteroatoms. The largest absolute Gasteiger partial charge is 0.450 e. The highest BCUT2D eigenvalue weighted by Gasteiger charge is 2.25. The van der Waals surface area contributed by atoms with Crippen molar-refractivity contribution in [1.82, 2.24) is 9.88 Å². The number of carbonyl (C=O) groups excluding carboxylic acids is 2. The molecule has 1 aromatic carbocycles. The van der Waals surface area contributed by atoms with Crippen molar-refractivity contribution in [2.45, 2.75) is 19.9 Å². The normalized spacial score (nSPS) is 13.1. The van der Waals surface area contributed by atoms with Gasteiger partial charge >= 0.3 is 6.09 Å². The Morgan fingerprint density at radius 2 is 2.12 bits per heavy atom. The van der Waals surface area contributed by atoms with Crippen LogP contribution >= 0.6 is 11.6 Å². The summed E-state index contributed by atoms with van der Waals surface area (Å²) in [7, 11) is 0. The van der Waals surface area contributed by atoms with Crippen molar-refractivity contribution < 1.29 is 14.3 Å². The molecule has 0 unspecified atom stereocenters. The third kappa shape index (κ3) is 3.74. The second kappa shape index (κ2) is 7.53. The van der Waals surface area contributed by atoms with E-state index in [1.165, 1.54) is 0 Å². The number of halogens is 1. The molecular weight excluding hydrogens is 342 g/mol. The fraction of sp³-hybridized carbons (Fsp3) is 0.278. The SMILES string of the molecule is CCOC(=O)N1CCc2c(cncc2C(=O)Nc2ccccc2Cl)C1. The van der Waals surface area contributed by atoms with E-state index in [0.29, 0.717) is 42.4 Å². The van der Waals surface area contributed by atoms with Gasteiger partial charge in [0, 0.05) is 18.9 Å². The van der Waals surface area contributed by atoms with Crippen molar-refractivity contribution in [3.8, 4) is 0 Å². The summed E-state index contributed by atoms with van der Waals surface area (Å²) in [5.41, 5.74) is 2.81. The summed E-state index contributed by atoms with van der Waals surface area (Å²) in [5, 5.41) is 3.29. The summed E-state index contributed by atoms with van der Waals surface area (Å²) in [4.78, 5) is 30.3. The van der Waals surface area contributed by atoms with Crippen molar-refractivity contribution in [3.05, 3.63) is 58.4 Å². The number of ether oxygens (including phenoxy) is 1. The van der Waals surface area contributed by atoms with Gasteiger partial charge in [0.2, 0.25) is 0 Å². The van der Waals surface area contributed by atoms with E-state index in [1.807, 2.05) is 0 Å². The Morgan fingerprint density at radius 1 is 1.32 bits per heavy atom. The number of aromatic nitrogens is 1. The van der Waals surface area contributed by atoms with E-state index in [4.69, 9.17) is 16.3 Å². The molecule has 0 radical (unpaired) electrons. The van der Waals surface area contributed by atoms with Gasteiger partial charge in [-0.2, -0.15) is 0 Å². The molecule has 1 aliphatic heterocycles. The Labute approximate surface area is 150 Å². The number of amides is 2. The highest BCUT2D eigenvalue weighted by molar-refractivity contribution is 6.33. The van der Waals surface area contributed by atoms with Crippen molar-refractivity contribution in [2.75, 3.05) is 18.5 Å². The van der Waals surface area contributed by atoms with E-state index in [9.17, 15) is 9.59 Å². The van der Waals surface area contributed by atoms with Crippen LogP contribution in [0.1, 0.15) is 28.4 Å². The molecule has 0 saturated carbocycles. The first-order valence-electron chi connectivity index (χ1n) is 8.03. The minimum absolute atomic E-state index is 0.262. The van der Waals surface area contributed by atoms with Crippen molar-refractivity contribution in [1.29, 1.82) is 0 Å². The summed E-state index contributed by atoms with van der Waals surface area (Å²) in [6, 6.07) is 7.06. The number of pyridine rings is 1. The van der Waals surface area contributed by atoms with E-state index >= 15 is 0 Å². The molecule has 1 aliphatic rings. The van der Waals surface area contributed by atoms with E-state index in [-0.39, 0.29) is 12.0 Å². The average molecular weight is 360 g/mol. The Balaban J connectivity index is 1.81. The van der Waals surface area contributed by atoms with Gasteiger partial charge in [-0.15, -0.1) is 0 Å². The molecule has 0 bridgehead atoms. The highest BCUT2D eigenvalue weighted by Crippen LogP contribution is 2.25. The van der Waals surface area contributed by atoms with Gasteiger partial charge < -0.3 is 15.0 Å². The smallest absolute Gasteiger partial charge is 0.410 e. The lowest BCUT2D eigenvalue weighted by molar-refractivity contribution is 0.101. The number of benzene rings is 1. The Hall–Kier alpha value is -2.60. The van der Waals surface area contributed by atoms with Gasteiger partial charge in [0.25, 0.3) is 5.91 Å². The maximum absolute atomic E-state index is 12.6. The summed E-state index contributed by atoms with van der Waals surface area (Å²) < 4.78 is 5.04. The number of anilines is 1. The van der Waals surface area contributed by atoms with Gasteiger partial charge in [-0.25, -0.2) is 4.79 Å². The van der Waals surface area contributed by atoms with Crippen LogP contribution in [0.2, 0.25) is 5.02 Å². The maximum atomic E-state index is 12.6. The zero-order valence-electron chi connectivity index (χ0n) is 13.8. The van der Waals surface area contributed by atoms with Gasteiger partial charge in [-0.1, -0.05) is 23.7 Å². The number of para-hydroxylation sites is 1. The number of nitrogens with zero attached hydrogens (tertiary/aromatic N) is 2. The predicted molar refractivity (Wildman–Crippen MR) is 94.8 cm³/mol. The molecule has 25 heavy (non-hydrogen) atoms. The molecule has 1 aromatic heterocycles. The molecule has 2 aromatic rings. The van der Waals surface area contributed by atoms with Crippen LogP contribution in [0, 0.1) is 0 Å². The minimum atomic E-state index is -0.348. The van der Waals surface area contributed by atoms with Crippen LogP contribution in [-0.2, 0) is 17.7 Å². The molecule has 2 heterocycles. The lowest BCUT2D eigenvalue weighted by Crippen LogP contribution is -2.37. The summed E-state index contributed by atoms with van der Waals surface area (Å²) in [6.07, 6.45) is 3.46. The molecule has 2 amide bonds. The Bertz CT molecular complexity index is 810. The Kier molecular flexibility index (Phi) is 5.19. The molecule has 0 spiro atoms. The lowest BCUT2D eigenvalue weighted by atomic mass is 9.97. The molecule has 6 nitrogen and oxygen atoms in total. The van der Waals surface area contributed by atoms with Crippen LogP contribution < -0.4 is 5.32 Å². The van der Waals surface area contributed by atoms with Gasteiger partial charge in [0.15, 0.2) is 0 Å². The molecule has 0 atom stereocenters. The van der Waals surface area contributed by atoms with Crippen LogP contribution in [0.3, 0.4) is 0 Å². The predicted octanol–water partition coefficient (Wildman–Crippen LogP) is 3.50. The maximum Gasteiger partial charge on any atom is 0.410 e. The van der Waals surface area contributed by atoms with Gasteiger partial charge in [-0.3, -0.25) is 9.78 Å². The monoisotopic (exact) mass is 359 g/mol. The highest BCUT2D eigenvalue weighted by atomic mass is 35.5. The van der Waals surface area contributed by atoms with Gasteiger partial charge in [0.1, 0.15) is 0 Å². The quantitative estimate of drug-likeness (QED) is 0.910. The minimum Gasteiger partial charge on any atom is -0.450 e. The summed E-state index contributed by atoms with van der Waals surface area (Å²) >= 11 is 6.09. The third-order valence-corrected chi connectivity index (χ3v) is 4.36. The van der Waals surface area contributed by atoms with Crippen molar-refractivity contribution in [2.24, 2.45) is 0 Å². The van der Waals surface area contributed by atoms with E-state index in [1.54, 1.807) is 48.5 Å². The molecule has 130 valence electrons. The standard InChI is InChI=1S/C18H18ClN3O3/c1-2-25-18(24)22-8-7-13-12(11-22)9-20-10-14(13)17(23)21-16-6-4-3-5-15(16)19/h3-6,9-10H,2,7-8,11H2,1H3,(H,21,23). The fourth-order valence-electron chi connectivity index (χ4n) is 2.81. The molecular formula is C18H18ClN3O3. The summed E-state index contributed by atoms with van der Waals surface area (Å²) in [6.45, 7) is 2.99. The number of carbonyl (C=O) groups is 2. The summed E-state index contributed by atoms with van der Waals surface area (Å²) in [5.74, 6) is -0.262. The van der Waals surface area contributed by atoms with Crippen LogP contribution in [0.4, 0.5) is 10.5 Å². The average Bonchev–Trinajstić information content (AvgIpc) is 2.62. The van der Waals surface area contributed by atoms with Crippen LogP contribution in [-0.4, -0.2) is 35.0 Å². The van der Waals surface area contributed by atoms with Crippen LogP contribution in [0.5, 0.6) is 0 Å². The zero-order valence-corrected chi connectivity index (χ0v) is 14.5. The fourth-order valence-corrected chi connectivity index (χ4v) is 2.99. The van der Waals surface area contributed by atoms with Gasteiger partial charge in [-0.05, 0) is 36.6 Å². The Morgan fingerprint density at radius 3 is 2.88 bits per heavy atom. The third-order valence-electron chi connectivity index (χ3n) is 4.03. The number of hydrogen-bond acceptors (Lipinski definition) is 4. The molecule has 0 saturated heterocycles. The molecule has 0 aliphatic carbocycles. The number of fused-ring (bicyclic) bond motifs is 1. The molecule has 1 N–H and O–H groups in total. The molecule has 0 fully saturated rings. The van der Waals surface area contributed by atoms with Crippen LogP contribution in [0.15, 0.2) is 36.7 Å². The van der Waals surface area contributed by atoms with Crippen molar-refractivity contribution in [3.63, 3.8) is 0 Å². The number of rotatable bonds is 3. The topological polar surface area (TPSA) is 71.5 Å². The van der Waals surface area contributed by atoms with Crippen LogP contribution in [0.25, 0.3) is 0 Å². The number of nitrogens with one attached hydrogen (secondary N) is 1. The molecule has 3 rings (SSSR count). The first-order valence-corrected chi connectivity index (χ1v) is 8.41. The van der Waals surface area contributed by atoms with Crippen molar-refractivity contribution >= 4 is 29.3 Å². The second-order valence-electron chi connectivity index (χ2n) is 5.63. The first-order chi connectivity index (χ1) is 12.1. The zero-order chi connectivity index (χ0) is 17.8. The van der Waals surface area contributed by atoms with Gasteiger partial charge in [0.05, 0.1) is 29.4 Å². The first kappa shape index (κ1) is 17.2. The van der Waals surface area contributed by atoms with E-state index in [0.717, 1.165) is 11.1 Å². The lowest BCUT2D eigenvalue weighted by Gasteiger charge is -2.28. The van der Waals surface area contributed by atoms with E-state index in [2.05, 4.69) is 10.3 Å². The number of hydrogen-bond donors (Lipinski definition) is 1.